The van der Waals surface area contributed by atoms with Crippen molar-refractivity contribution in [2.45, 2.75) is 49.1 Å². The molecule has 13 heavy (non-hydrogen) atoms. The number of rotatable bonds is 5. The maximum absolute atomic E-state index is 8.80. The van der Waals surface area contributed by atoms with E-state index in [1.54, 1.807) is 0 Å². The predicted molar refractivity (Wildman–Crippen MR) is 59.2 cm³/mol. The summed E-state index contributed by atoms with van der Waals surface area (Å²) < 4.78 is 0. The molecule has 2 nitrogen and oxygen atoms in total. The van der Waals surface area contributed by atoms with Gasteiger partial charge in [-0.15, -0.1) is 0 Å². The van der Waals surface area contributed by atoms with Crippen molar-refractivity contribution in [3.05, 3.63) is 0 Å². The van der Waals surface area contributed by atoms with Gasteiger partial charge in [0.15, 0.2) is 0 Å². The third-order valence-corrected chi connectivity index (χ3v) is 4.38. The fourth-order valence-corrected chi connectivity index (χ4v) is 3.57. The minimum absolute atomic E-state index is 0.325. The van der Waals surface area contributed by atoms with Crippen LogP contribution in [-0.4, -0.2) is 35.3 Å². The monoisotopic (exact) mass is 203 g/mol. The molecule has 0 heterocycles. The molecule has 3 atom stereocenters. The summed E-state index contributed by atoms with van der Waals surface area (Å²) in [5, 5.41) is 13.6. The second kappa shape index (κ2) is 5.89. The van der Waals surface area contributed by atoms with E-state index in [0.29, 0.717) is 17.9 Å². The van der Waals surface area contributed by atoms with Crippen molar-refractivity contribution in [3.63, 3.8) is 0 Å². The largest absolute Gasteiger partial charge is 0.396 e. The maximum atomic E-state index is 8.80. The first kappa shape index (κ1) is 11.3. The smallest absolute Gasteiger partial charge is 0.0441 e. The Hall–Kier alpha value is 0.270. The summed E-state index contributed by atoms with van der Waals surface area (Å²) in [5.41, 5.74) is 0. The zero-order valence-electron chi connectivity index (χ0n) is 8.62. The van der Waals surface area contributed by atoms with Crippen molar-refractivity contribution in [2.75, 3.05) is 13.7 Å². The second-order valence-corrected chi connectivity index (χ2v) is 5.51. The molecule has 1 aliphatic rings. The van der Waals surface area contributed by atoms with Crippen LogP contribution >= 0.6 is 11.8 Å². The Bertz CT molecular complexity index is 143. The molecule has 0 amide bonds. The van der Waals surface area contributed by atoms with E-state index in [2.05, 4.69) is 19.3 Å². The molecule has 0 saturated heterocycles. The molecule has 0 radical (unpaired) electrons. The van der Waals surface area contributed by atoms with E-state index in [4.69, 9.17) is 5.11 Å². The van der Waals surface area contributed by atoms with Gasteiger partial charge in [0.05, 0.1) is 0 Å². The van der Waals surface area contributed by atoms with Gasteiger partial charge in [0.25, 0.3) is 0 Å². The van der Waals surface area contributed by atoms with E-state index in [-0.39, 0.29) is 0 Å². The zero-order chi connectivity index (χ0) is 9.68. The third-order valence-electron chi connectivity index (χ3n) is 2.77. The Kier molecular flexibility index (Phi) is 5.14. The summed E-state index contributed by atoms with van der Waals surface area (Å²) >= 11 is 2.04. The summed E-state index contributed by atoms with van der Waals surface area (Å²) in [6, 6.07) is 0.700. The molecule has 1 aliphatic carbocycles. The number of aliphatic hydroxyl groups is 1. The van der Waals surface area contributed by atoms with Gasteiger partial charge in [0.2, 0.25) is 0 Å². The quantitative estimate of drug-likeness (QED) is 0.712. The number of nitrogens with one attached hydrogen (secondary N) is 1. The lowest BCUT2D eigenvalue weighted by atomic mass is 10.2. The Morgan fingerprint density at radius 3 is 2.92 bits per heavy atom. The first-order valence-corrected chi connectivity index (χ1v) is 6.15. The lowest BCUT2D eigenvalue weighted by Gasteiger charge is -2.21. The van der Waals surface area contributed by atoms with Crippen molar-refractivity contribution >= 4 is 11.8 Å². The van der Waals surface area contributed by atoms with Crippen molar-refractivity contribution in [2.24, 2.45) is 0 Å². The summed E-state index contributed by atoms with van der Waals surface area (Å²) in [7, 11) is 2.06. The SMILES string of the molecule is CNC1CCCC1SC(C)CCO. The fraction of sp³-hybridized carbons (Fsp3) is 1.00. The van der Waals surface area contributed by atoms with Crippen LogP contribution in [0.2, 0.25) is 0 Å². The summed E-state index contributed by atoms with van der Waals surface area (Å²) in [6.07, 6.45) is 4.94. The molecule has 3 heteroatoms. The van der Waals surface area contributed by atoms with E-state index in [9.17, 15) is 0 Å². The van der Waals surface area contributed by atoms with Gasteiger partial charge in [-0.1, -0.05) is 13.3 Å². The van der Waals surface area contributed by atoms with Gasteiger partial charge >= 0.3 is 0 Å². The van der Waals surface area contributed by atoms with Gasteiger partial charge in [-0.05, 0) is 26.3 Å². The van der Waals surface area contributed by atoms with Gasteiger partial charge in [0, 0.05) is 23.1 Å². The molecule has 78 valence electrons. The average molecular weight is 203 g/mol. The van der Waals surface area contributed by atoms with Crippen LogP contribution in [0.4, 0.5) is 0 Å². The number of aliphatic hydroxyl groups excluding tert-OH is 1. The molecular formula is C10H21NOS. The fourth-order valence-electron chi connectivity index (χ4n) is 1.97. The molecule has 0 aromatic heterocycles. The minimum atomic E-state index is 0.325. The van der Waals surface area contributed by atoms with Crippen LogP contribution in [0.25, 0.3) is 0 Å². The number of thioether (sulfide) groups is 1. The van der Waals surface area contributed by atoms with E-state index in [1.165, 1.54) is 19.3 Å². The van der Waals surface area contributed by atoms with Crippen molar-refractivity contribution in [3.8, 4) is 0 Å². The molecule has 0 aliphatic heterocycles. The Morgan fingerprint density at radius 2 is 2.31 bits per heavy atom. The van der Waals surface area contributed by atoms with Crippen molar-refractivity contribution in [1.29, 1.82) is 0 Å². The van der Waals surface area contributed by atoms with Gasteiger partial charge < -0.3 is 10.4 Å². The van der Waals surface area contributed by atoms with Crippen molar-refractivity contribution in [1.82, 2.24) is 5.32 Å². The van der Waals surface area contributed by atoms with Gasteiger partial charge in [-0.2, -0.15) is 11.8 Å². The highest BCUT2D eigenvalue weighted by Gasteiger charge is 2.27. The lowest BCUT2D eigenvalue weighted by molar-refractivity contribution is 0.288. The third kappa shape index (κ3) is 3.49. The topological polar surface area (TPSA) is 32.3 Å². The summed E-state index contributed by atoms with van der Waals surface area (Å²) in [6.45, 7) is 2.54. The molecule has 0 bridgehead atoms. The Morgan fingerprint density at radius 1 is 1.54 bits per heavy atom. The first-order valence-electron chi connectivity index (χ1n) is 5.21. The maximum Gasteiger partial charge on any atom is 0.0441 e. The van der Waals surface area contributed by atoms with E-state index in [0.717, 1.165) is 11.7 Å². The van der Waals surface area contributed by atoms with E-state index >= 15 is 0 Å². The minimum Gasteiger partial charge on any atom is -0.396 e. The molecular weight excluding hydrogens is 182 g/mol. The van der Waals surface area contributed by atoms with Gasteiger partial charge in [-0.25, -0.2) is 0 Å². The lowest BCUT2D eigenvalue weighted by Crippen LogP contribution is -2.31. The molecule has 1 fully saturated rings. The van der Waals surface area contributed by atoms with Crippen LogP contribution in [-0.2, 0) is 0 Å². The van der Waals surface area contributed by atoms with Gasteiger partial charge in [0.1, 0.15) is 0 Å². The zero-order valence-corrected chi connectivity index (χ0v) is 9.44. The molecule has 1 rings (SSSR count). The summed E-state index contributed by atoms with van der Waals surface area (Å²) in [4.78, 5) is 0. The standard InChI is InChI=1S/C10H21NOS/c1-8(6-7-12)13-10-5-3-4-9(10)11-2/h8-12H,3-7H2,1-2H3. The van der Waals surface area contributed by atoms with E-state index < -0.39 is 0 Å². The van der Waals surface area contributed by atoms with Crippen LogP contribution in [0.3, 0.4) is 0 Å². The molecule has 0 aromatic carbocycles. The molecule has 2 N–H and O–H groups in total. The predicted octanol–water partition coefficient (Wildman–Crippen LogP) is 1.63. The molecule has 0 aromatic rings. The Balaban J connectivity index is 2.26. The van der Waals surface area contributed by atoms with Crippen LogP contribution in [0.5, 0.6) is 0 Å². The average Bonchev–Trinajstić information content (AvgIpc) is 2.52. The number of hydrogen-bond acceptors (Lipinski definition) is 3. The molecule has 3 unspecified atom stereocenters. The molecule has 0 spiro atoms. The number of hydrogen-bond donors (Lipinski definition) is 2. The highest BCUT2D eigenvalue weighted by molar-refractivity contribution is 8.00. The normalized spacial score (nSPS) is 30.7. The van der Waals surface area contributed by atoms with Crippen molar-refractivity contribution < 1.29 is 5.11 Å². The highest BCUT2D eigenvalue weighted by atomic mass is 32.2. The van der Waals surface area contributed by atoms with Gasteiger partial charge in [-0.3, -0.25) is 0 Å². The van der Waals surface area contributed by atoms with Crippen LogP contribution in [0.15, 0.2) is 0 Å². The summed E-state index contributed by atoms with van der Waals surface area (Å²) in [5.74, 6) is 0. The van der Waals surface area contributed by atoms with E-state index in [1.807, 2.05) is 11.8 Å². The second-order valence-electron chi connectivity index (χ2n) is 3.82. The molecule has 1 saturated carbocycles. The van der Waals surface area contributed by atoms with Crippen LogP contribution < -0.4 is 5.32 Å². The highest BCUT2D eigenvalue weighted by Crippen LogP contribution is 2.33. The van der Waals surface area contributed by atoms with Crippen LogP contribution in [0, 0.1) is 0 Å². The van der Waals surface area contributed by atoms with Crippen LogP contribution in [0.1, 0.15) is 32.6 Å². The first-order chi connectivity index (χ1) is 6.27. The Labute approximate surface area is 85.5 Å².